The number of nitrogens with one attached hydrogen (secondary N) is 1. The molecule has 2 aromatic rings. The van der Waals surface area contributed by atoms with Crippen LogP contribution in [0.25, 0.3) is 0 Å². The van der Waals surface area contributed by atoms with E-state index in [4.69, 9.17) is 11.6 Å². The molecule has 0 aliphatic carbocycles. The number of hydrogen-bond donors (Lipinski definition) is 1. The topological polar surface area (TPSA) is 41.5 Å². The summed E-state index contributed by atoms with van der Waals surface area (Å²) in [7, 11) is 0. The molecule has 102 valence electrons. The number of amides is 1. The molecular weight excluding hydrogens is 347 g/mol. The molecule has 0 saturated heterocycles. The van der Waals surface area contributed by atoms with Gasteiger partial charge in [-0.05, 0) is 57.9 Å². The highest BCUT2D eigenvalue weighted by Crippen LogP contribution is 2.15. The van der Waals surface area contributed by atoms with Gasteiger partial charge in [0.2, 0.25) is 0 Å². The summed E-state index contributed by atoms with van der Waals surface area (Å²) >= 11 is 8.81. The first-order valence-electron chi connectivity index (χ1n) is 5.60. The lowest BCUT2D eigenvalue weighted by molar-refractivity contribution is 0.0955. The van der Waals surface area contributed by atoms with E-state index in [1.165, 1.54) is 12.3 Å². The van der Waals surface area contributed by atoms with Gasteiger partial charge in [-0.15, -0.1) is 0 Å². The second kappa shape index (κ2) is 6.63. The average molecular weight is 356 g/mol. The number of halogens is 3. The zero-order valence-electron chi connectivity index (χ0n) is 10.1. The number of hydrazone groups is 1. The van der Waals surface area contributed by atoms with Gasteiger partial charge in [-0.3, -0.25) is 4.79 Å². The van der Waals surface area contributed by atoms with E-state index >= 15 is 0 Å². The van der Waals surface area contributed by atoms with Crippen molar-refractivity contribution in [3.63, 3.8) is 0 Å². The van der Waals surface area contributed by atoms with Crippen molar-refractivity contribution >= 4 is 39.7 Å². The average Bonchev–Trinajstić information content (AvgIpc) is 2.43. The SMILES string of the molecule is O=C(N/N=C\c1ccc(F)c(Br)c1)c1ccc(Cl)cc1. The number of nitrogens with zero attached hydrogens (tertiary/aromatic N) is 1. The summed E-state index contributed by atoms with van der Waals surface area (Å²) in [4.78, 5) is 11.7. The molecule has 0 bridgehead atoms. The normalized spacial score (nSPS) is 10.8. The van der Waals surface area contributed by atoms with E-state index in [0.29, 0.717) is 20.6 Å². The molecule has 1 N–H and O–H groups in total. The maximum absolute atomic E-state index is 13.0. The van der Waals surface area contributed by atoms with Crippen molar-refractivity contribution in [3.05, 3.63) is 68.9 Å². The summed E-state index contributed by atoms with van der Waals surface area (Å²) in [6.07, 6.45) is 1.43. The van der Waals surface area contributed by atoms with Crippen molar-refractivity contribution in [1.29, 1.82) is 0 Å². The van der Waals surface area contributed by atoms with Gasteiger partial charge in [-0.2, -0.15) is 5.10 Å². The van der Waals surface area contributed by atoms with Gasteiger partial charge in [0.15, 0.2) is 0 Å². The fraction of sp³-hybridized carbons (Fsp3) is 0. The molecule has 0 spiro atoms. The number of carbonyl (C=O) groups excluding carboxylic acids is 1. The largest absolute Gasteiger partial charge is 0.271 e. The summed E-state index contributed by atoms with van der Waals surface area (Å²) in [5.41, 5.74) is 3.49. The van der Waals surface area contributed by atoms with E-state index in [9.17, 15) is 9.18 Å². The summed E-state index contributed by atoms with van der Waals surface area (Å²) in [6.45, 7) is 0. The first-order valence-corrected chi connectivity index (χ1v) is 6.77. The number of rotatable bonds is 3. The van der Waals surface area contributed by atoms with Crippen LogP contribution in [-0.2, 0) is 0 Å². The third kappa shape index (κ3) is 3.88. The van der Waals surface area contributed by atoms with Crippen LogP contribution in [0.1, 0.15) is 15.9 Å². The number of carbonyl (C=O) groups is 1. The summed E-state index contributed by atoms with van der Waals surface area (Å²) in [6, 6.07) is 10.9. The lowest BCUT2D eigenvalue weighted by Gasteiger charge is -2.00. The maximum Gasteiger partial charge on any atom is 0.271 e. The van der Waals surface area contributed by atoms with Gasteiger partial charge in [-0.25, -0.2) is 9.82 Å². The maximum atomic E-state index is 13.0. The van der Waals surface area contributed by atoms with E-state index in [2.05, 4.69) is 26.5 Å². The highest BCUT2D eigenvalue weighted by molar-refractivity contribution is 9.10. The minimum Gasteiger partial charge on any atom is -0.267 e. The minimum atomic E-state index is -0.354. The van der Waals surface area contributed by atoms with Crippen LogP contribution in [0.2, 0.25) is 5.02 Å². The van der Waals surface area contributed by atoms with Crippen LogP contribution in [0.15, 0.2) is 52.0 Å². The predicted octanol–water partition coefficient (Wildman–Crippen LogP) is 4.01. The Morgan fingerprint density at radius 3 is 2.60 bits per heavy atom. The summed E-state index contributed by atoms with van der Waals surface area (Å²) in [5.74, 6) is -0.702. The zero-order chi connectivity index (χ0) is 14.5. The minimum absolute atomic E-state index is 0.338. The van der Waals surface area contributed by atoms with Crippen molar-refractivity contribution in [2.75, 3.05) is 0 Å². The molecule has 2 rings (SSSR count). The number of hydrogen-bond acceptors (Lipinski definition) is 2. The lowest BCUT2D eigenvalue weighted by atomic mass is 10.2. The van der Waals surface area contributed by atoms with E-state index in [0.717, 1.165) is 0 Å². The van der Waals surface area contributed by atoms with Gasteiger partial charge >= 0.3 is 0 Å². The highest BCUT2D eigenvalue weighted by Gasteiger charge is 2.03. The van der Waals surface area contributed by atoms with Gasteiger partial charge in [-0.1, -0.05) is 17.7 Å². The molecule has 0 aliphatic rings. The Balaban J connectivity index is 2.00. The van der Waals surface area contributed by atoms with Crippen LogP contribution in [0.3, 0.4) is 0 Å². The first-order chi connectivity index (χ1) is 9.56. The highest BCUT2D eigenvalue weighted by atomic mass is 79.9. The van der Waals surface area contributed by atoms with Crippen LogP contribution in [0.5, 0.6) is 0 Å². The molecule has 6 heteroatoms. The van der Waals surface area contributed by atoms with Crippen LogP contribution in [-0.4, -0.2) is 12.1 Å². The second-order valence-electron chi connectivity index (χ2n) is 3.88. The summed E-state index contributed by atoms with van der Waals surface area (Å²) in [5, 5.41) is 4.37. The Morgan fingerprint density at radius 1 is 1.25 bits per heavy atom. The van der Waals surface area contributed by atoms with Crippen molar-refractivity contribution in [2.24, 2.45) is 5.10 Å². The molecule has 0 aliphatic heterocycles. The van der Waals surface area contributed by atoms with Crippen molar-refractivity contribution in [1.82, 2.24) is 5.43 Å². The first kappa shape index (κ1) is 14.7. The molecule has 2 aromatic carbocycles. The molecule has 0 radical (unpaired) electrons. The monoisotopic (exact) mass is 354 g/mol. The quantitative estimate of drug-likeness (QED) is 0.656. The van der Waals surface area contributed by atoms with Gasteiger partial charge in [0, 0.05) is 10.6 Å². The van der Waals surface area contributed by atoms with E-state index in [1.807, 2.05) is 0 Å². The predicted molar refractivity (Wildman–Crippen MR) is 80.6 cm³/mol. The fourth-order valence-corrected chi connectivity index (χ4v) is 1.95. The molecule has 0 saturated carbocycles. The van der Waals surface area contributed by atoms with Crippen molar-refractivity contribution in [3.8, 4) is 0 Å². The Morgan fingerprint density at radius 2 is 1.95 bits per heavy atom. The van der Waals surface area contributed by atoms with Crippen molar-refractivity contribution < 1.29 is 9.18 Å². The van der Waals surface area contributed by atoms with Gasteiger partial charge in [0.05, 0.1) is 10.7 Å². The van der Waals surface area contributed by atoms with Crippen LogP contribution < -0.4 is 5.43 Å². The van der Waals surface area contributed by atoms with Crippen LogP contribution in [0.4, 0.5) is 4.39 Å². The second-order valence-corrected chi connectivity index (χ2v) is 5.17. The fourth-order valence-electron chi connectivity index (χ4n) is 1.42. The molecule has 0 aromatic heterocycles. The van der Waals surface area contributed by atoms with Crippen molar-refractivity contribution in [2.45, 2.75) is 0 Å². The molecule has 0 fully saturated rings. The smallest absolute Gasteiger partial charge is 0.267 e. The van der Waals surface area contributed by atoms with Gasteiger partial charge in [0.1, 0.15) is 5.82 Å². The third-order valence-electron chi connectivity index (χ3n) is 2.43. The van der Waals surface area contributed by atoms with E-state index < -0.39 is 0 Å². The van der Waals surface area contributed by atoms with E-state index in [-0.39, 0.29) is 11.7 Å². The Hall–Kier alpha value is -1.72. The molecule has 0 unspecified atom stereocenters. The Kier molecular flexibility index (Phi) is 4.87. The molecule has 1 amide bonds. The Bertz CT molecular complexity index is 659. The van der Waals surface area contributed by atoms with Gasteiger partial charge < -0.3 is 0 Å². The number of benzene rings is 2. The van der Waals surface area contributed by atoms with Crippen LogP contribution in [0, 0.1) is 5.82 Å². The molecule has 0 heterocycles. The molecule has 3 nitrogen and oxygen atoms in total. The summed E-state index contributed by atoms with van der Waals surface area (Å²) < 4.78 is 13.4. The van der Waals surface area contributed by atoms with Crippen LogP contribution >= 0.6 is 27.5 Å². The lowest BCUT2D eigenvalue weighted by Crippen LogP contribution is -2.17. The third-order valence-corrected chi connectivity index (χ3v) is 3.29. The Labute approximate surface area is 128 Å². The standard InChI is InChI=1S/C14H9BrClFN2O/c15-12-7-9(1-6-13(12)17)8-18-19-14(20)10-2-4-11(16)5-3-10/h1-8H,(H,19,20)/b18-8-. The zero-order valence-corrected chi connectivity index (χ0v) is 12.5. The van der Waals surface area contributed by atoms with E-state index in [1.54, 1.807) is 36.4 Å². The molecule has 0 atom stereocenters. The molecular formula is C14H9BrClFN2O. The van der Waals surface area contributed by atoms with Gasteiger partial charge in [0.25, 0.3) is 5.91 Å². The molecule has 20 heavy (non-hydrogen) atoms.